The summed E-state index contributed by atoms with van der Waals surface area (Å²) < 4.78 is 29.8. The van der Waals surface area contributed by atoms with Gasteiger partial charge in [0.05, 0.1) is 6.61 Å². The largest absolute Gasteiger partial charge is 0.461 e. The molecule has 1 heterocycles. The van der Waals surface area contributed by atoms with Crippen LogP contribution in [0.15, 0.2) is 17.2 Å². The predicted octanol–water partition coefficient (Wildman–Crippen LogP) is 2.06. The van der Waals surface area contributed by atoms with Crippen molar-refractivity contribution in [1.29, 1.82) is 0 Å². The van der Waals surface area contributed by atoms with Crippen LogP contribution in [-0.4, -0.2) is 25.6 Å². The number of hydrogen-bond donors (Lipinski definition) is 1. The van der Waals surface area contributed by atoms with E-state index >= 15 is 0 Å². The number of nitrogens with two attached hydrogens (primary N) is 1. The summed E-state index contributed by atoms with van der Waals surface area (Å²) in [5.74, 6) is -0.499. The van der Waals surface area contributed by atoms with E-state index in [4.69, 9.17) is 9.88 Å². The molecule has 0 amide bonds. The normalized spacial score (nSPS) is 16.0. The van der Waals surface area contributed by atoms with E-state index in [9.17, 15) is 13.2 Å². The standard InChI is InChI=1S/C14H22N2O4S/c1-14(2,3)6-7-20-13(17)12-8-11(21(15,18)19)9-16(12)10-4-5-10/h8-10H,4-7H2,1-3H3,(H2,15,18,19). The average Bonchev–Trinajstić information content (AvgIpc) is 3.04. The van der Waals surface area contributed by atoms with Crippen LogP contribution in [0.4, 0.5) is 0 Å². The second-order valence-electron chi connectivity index (χ2n) is 6.69. The molecule has 0 atom stereocenters. The number of rotatable bonds is 5. The highest BCUT2D eigenvalue weighted by Gasteiger charge is 2.30. The van der Waals surface area contributed by atoms with E-state index in [2.05, 4.69) is 20.8 Å². The topological polar surface area (TPSA) is 91.4 Å². The van der Waals surface area contributed by atoms with Crippen LogP contribution in [0, 0.1) is 5.41 Å². The molecule has 0 radical (unpaired) electrons. The zero-order valence-corrected chi connectivity index (χ0v) is 13.4. The minimum atomic E-state index is -3.82. The minimum absolute atomic E-state index is 0.0443. The summed E-state index contributed by atoms with van der Waals surface area (Å²) >= 11 is 0. The third-order valence-electron chi connectivity index (χ3n) is 3.39. The number of hydrogen-bond acceptors (Lipinski definition) is 4. The number of carbonyl (C=O) groups excluding carboxylic acids is 1. The Balaban J connectivity index is 2.14. The Morgan fingerprint density at radius 3 is 2.52 bits per heavy atom. The number of sulfonamides is 1. The van der Waals surface area contributed by atoms with Gasteiger partial charge < -0.3 is 9.30 Å². The van der Waals surface area contributed by atoms with Gasteiger partial charge in [-0.05, 0) is 30.7 Å². The number of esters is 1. The third kappa shape index (κ3) is 4.31. The smallest absolute Gasteiger partial charge is 0.354 e. The Bertz CT molecular complexity index is 636. The van der Waals surface area contributed by atoms with E-state index in [0.717, 1.165) is 19.3 Å². The molecule has 0 unspecified atom stereocenters. The van der Waals surface area contributed by atoms with E-state index < -0.39 is 16.0 Å². The highest BCUT2D eigenvalue weighted by molar-refractivity contribution is 7.89. The SMILES string of the molecule is CC(C)(C)CCOC(=O)c1cc(S(N)(=O)=O)cn1C1CC1. The van der Waals surface area contributed by atoms with Crippen LogP contribution in [0.3, 0.4) is 0 Å². The molecule has 1 fully saturated rings. The Morgan fingerprint density at radius 2 is 2.05 bits per heavy atom. The van der Waals surface area contributed by atoms with Gasteiger partial charge in [0.15, 0.2) is 0 Å². The van der Waals surface area contributed by atoms with Gasteiger partial charge in [-0.25, -0.2) is 18.4 Å². The molecular weight excluding hydrogens is 292 g/mol. The maximum Gasteiger partial charge on any atom is 0.354 e. The van der Waals surface area contributed by atoms with Crippen LogP contribution in [-0.2, 0) is 14.8 Å². The molecule has 0 aromatic carbocycles. The first kappa shape index (κ1) is 16.0. The van der Waals surface area contributed by atoms with Crippen LogP contribution < -0.4 is 5.14 Å². The van der Waals surface area contributed by atoms with Crippen LogP contribution >= 0.6 is 0 Å². The summed E-state index contributed by atoms with van der Waals surface area (Å²) in [6.07, 6.45) is 4.03. The van der Waals surface area contributed by atoms with Crippen molar-refractivity contribution in [3.8, 4) is 0 Å². The molecule has 1 aromatic heterocycles. The number of aromatic nitrogens is 1. The van der Waals surface area contributed by atoms with Crippen LogP contribution in [0.25, 0.3) is 0 Å². The minimum Gasteiger partial charge on any atom is -0.461 e. The lowest BCUT2D eigenvalue weighted by Gasteiger charge is -2.17. The second kappa shape index (κ2) is 5.46. The van der Waals surface area contributed by atoms with Gasteiger partial charge in [-0.1, -0.05) is 20.8 Å². The number of nitrogens with zero attached hydrogens (tertiary/aromatic N) is 1. The first-order valence-electron chi connectivity index (χ1n) is 7.00. The Labute approximate surface area is 125 Å². The molecule has 0 saturated heterocycles. The Morgan fingerprint density at radius 1 is 1.43 bits per heavy atom. The summed E-state index contributed by atoms with van der Waals surface area (Å²) in [6, 6.07) is 1.47. The molecule has 1 aliphatic rings. The van der Waals surface area contributed by atoms with Crippen LogP contribution in [0.2, 0.25) is 0 Å². The van der Waals surface area contributed by atoms with Crippen molar-refractivity contribution in [1.82, 2.24) is 4.57 Å². The zero-order valence-electron chi connectivity index (χ0n) is 12.6. The van der Waals surface area contributed by atoms with Crippen molar-refractivity contribution >= 4 is 16.0 Å². The molecule has 0 bridgehead atoms. The molecule has 1 saturated carbocycles. The van der Waals surface area contributed by atoms with E-state index in [1.165, 1.54) is 12.3 Å². The molecule has 6 nitrogen and oxygen atoms in total. The molecule has 1 aromatic rings. The molecule has 0 spiro atoms. The van der Waals surface area contributed by atoms with Gasteiger partial charge in [0.25, 0.3) is 0 Å². The first-order chi connectivity index (χ1) is 9.58. The lowest BCUT2D eigenvalue weighted by molar-refractivity contribution is 0.0452. The van der Waals surface area contributed by atoms with Crippen molar-refractivity contribution in [3.63, 3.8) is 0 Å². The van der Waals surface area contributed by atoms with E-state index in [0.29, 0.717) is 6.61 Å². The Kier molecular flexibility index (Phi) is 4.17. The maximum absolute atomic E-state index is 12.1. The fraction of sp³-hybridized carbons (Fsp3) is 0.643. The van der Waals surface area contributed by atoms with E-state index in [1.807, 2.05) is 0 Å². The summed E-state index contributed by atoms with van der Waals surface area (Å²) in [4.78, 5) is 12.1. The monoisotopic (exact) mass is 314 g/mol. The summed E-state index contributed by atoms with van der Waals surface area (Å²) in [6.45, 7) is 6.50. The maximum atomic E-state index is 12.1. The van der Waals surface area contributed by atoms with Gasteiger partial charge >= 0.3 is 5.97 Å². The molecule has 1 aliphatic carbocycles. The van der Waals surface area contributed by atoms with Gasteiger partial charge in [0.1, 0.15) is 10.6 Å². The van der Waals surface area contributed by atoms with Crippen molar-refractivity contribution in [2.45, 2.75) is 51.0 Å². The lowest BCUT2D eigenvalue weighted by Crippen LogP contribution is -2.15. The van der Waals surface area contributed by atoms with Gasteiger partial charge in [-0.15, -0.1) is 0 Å². The predicted molar refractivity (Wildman–Crippen MR) is 78.4 cm³/mol. The molecule has 2 rings (SSSR count). The number of carbonyl (C=O) groups is 1. The summed E-state index contributed by atoms with van der Waals surface area (Å²) in [5, 5.41) is 5.12. The molecule has 2 N–H and O–H groups in total. The lowest BCUT2D eigenvalue weighted by atomic mass is 9.93. The average molecular weight is 314 g/mol. The van der Waals surface area contributed by atoms with E-state index in [1.54, 1.807) is 4.57 Å². The van der Waals surface area contributed by atoms with Gasteiger partial charge in [-0.2, -0.15) is 0 Å². The Hall–Kier alpha value is -1.34. The molecular formula is C14H22N2O4S. The van der Waals surface area contributed by atoms with Crippen molar-refractivity contribution < 1.29 is 17.9 Å². The first-order valence-corrected chi connectivity index (χ1v) is 8.54. The highest BCUT2D eigenvalue weighted by atomic mass is 32.2. The molecule has 21 heavy (non-hydrogen) atoms. The molecule has 0 aliphatic heterocycles. The van der Waals surface area contributed by atoms with Crippen LogP contribution in [0.1, 0.15) is 56.6 Å². The quantitative estimate of drug-likeness (QED) is 0.842. The van der Waals surface area contributed by atoms with Crippen molar-refractivity contribution in [2.75, 3.05) is 6.61 Å². The molecule has 118 valence electrons. The summed E-state index contributed by atoms with van der Waals surface area (Å²) in [5.41, 5.74) is 0.334. The molecule has 7 heteroatoms. The summed E-state index contributed by atoms with van der Waals surface area (Å²) in [7, 11) is -3.82. The second-order valence-corrected chi connectivity index (χ2v) is 8.25. The van der Waals surface area contributed by atoms with Gasteiger partial charge in [0, 0.05) is 12.2 Å². The van der Waals surface area contributed by atoms with Crippen molar-refractivity contribution in [2.24, 2.45) is 10.6 Å². The van der Waals surface area contributed by atoms with Gasteiger partial charge in [-0.3, -0.25) is 0 Å². The fourth-order valence-electron chi connectivity index (χ4n) is 1.95. The van der Waals surface area contributed by atoms with E-state index in [-0.39, 0.29) is 22.0 Å². The van der Waals surface area contributed by atoms with Gasteiger partial charge in [0.2, 0.25) is 10.0 Å². The van der Waals surface area contributed by atoms with Crippen molar-refractivity contribution in [3.05, 3.63) is 18.0 Å². The third-order valence-corrected chi connectivity index (χ3v) is 4.27. The number of ether oxygens (including phenoxy) is 1. The van der Waals surface area contributed by atoms with Crippen LogP contribution in [0.5, 0.6) is 0 Å². The fourth-order valence-corrected chi connectivity index (χ4v) is 2.49. The highest BCUT2D eigenvalue weighted by Crippen LogP contribution is 2.37. The number of primary sulfonamides is 1. The zero-order chi connectivity index (χ0) is 15.8.